The number of ether oxygens (including phenoxy) is 3. The lowest BCUT2D eigenvalue weighted by Gasteiger charge is -2.23. The van der Waals surface area contributed by atoms with Gasteiger partial charge in [-0.15, -0.1) is 0 Å². The number of nitrogens with two attached hydrogens (primary N) is 1. The van der Waals surface area contributed by atoms with Gasteiger partial charge in [-0.2, -0.15) is 9.97 Å². The molecule has 1 heterocycles. The Morgan fingerprint density at radius 2 is 1.72 bits per heavy atom. The molecule has 0 saturated heterocycles. The van der Waals surface area contributed by atoms with E-state index in [0.29, 0.717) is 38.0 Å². The number of nitrogen functional groups attached to an aromatic ring is 1. The molecule has 18 heavy (non-hydrogen) atoms. The first-order valence-electron chi connectivity index (χ1n) is 5.62. The van der Waals surface area contributed by atoms with Crippen LogP contribution < -0.4 is 15.4 Å². The van der Waals surface area contributed by atoms with E-state index in [2.05, 4.69) is 9.97 Å². The van der Waals surface area contributed by atoms with Crippen molar-refractivity contribution in [3.63, 3.8) is 0 Å². The number of methoxy groups -OCH3 is 3. The van der Waals surface area contributed by atoms with Gasteiger partial charge in [0.15, 0.2) is 0 Å². The van der Waals surface area contributed by atoms with Gasteiger partial charge in [0.25, 0.3) is 0 Å². The smallest absolute Gasteiger partial charge is 0.225 e. The van der Waals surface area contributed by atoms with Crippen LogP contribution in [0, 0.1) is 0 Å². The van der Waals surface area contributed by atoms with Crippen molar-refractivity contribution in [2.75, 3.05) is 58.3 Å². The van der Waals surface area contributed by atoms with Crippen molar-refractivity contribution < 1.29 is 14.2 Å². The molecule has 0 atom stereocenters. The Hall–Kier alpha value is -1.60. The van der Waals surface area contributed by atoms with E-state index in [1.54, 1.807) is 27.4 Å². The SMILES string of the molecule is COCCN(CCOC)c1cc(OC)nc(N)n1. The molecule has 1 rings (SSSR count). The Kier molecular flexibility index (Phi) is 6.16. The zero-order valence-corrected chi connectivity index (χ0v) is 11.0. The van der Waals surface area contributed by atoms with Gasteiger partial charge in [0.05, 0.1) is 20.3 Å². The Bertz CT molecular complexity index is 354. The second-order valence-electron chi connectivity index (χ2n) is 3.60. The van der Waals surface area contributed by atoms with E-state index in [1.165, 1.54) is 0 Å². The van der Waals surface area contributed by atoms with Gasteiger partial charge in [-0.25, -0.2) is 0 Å². The molecule has 0 radical (unpaired) electrons. The van der Waals surface area contributed by atoms with Crippen LogP contribution in [0.2, 0.25) is 0 Å². The first kappa shape index (κ1) is 14.5. The monoisotopic (exact) mass is 256 g/mol. The second-order valence-corrected chi connectivity index (χ2v) is 3.60. The largest absolute Gasteiger partial charge is 0.481 e. The van der Waals surface area contributed by atoms with Gasteiger partial charge < -0.3 is 24.8 Å². The highest BCUT2D eigenvalue weighted by molar-refractivity contribution is 5.45. The Morgan fingerprint density at radius 3 is 2.22 bits per heavy atom. The van der Waals surface area contributed by atoms with Crippen LogP contribution in [0.5, 0.6) is 5.88 Å². The predicted molar refractivity (Wildman–Crippen MR) is 69.0 cm³/mol. The molecule has 0 aromatic carbocycles. The molecule has 0 fully saturated rings. The molecule has 0 saturated carbocycles. The molecule has 0 bridgehead atoms. The number of hydrogen-bond donors (Lipinski definition) is 1. The van der Waals surface area contributed by atoms with E-state index < -0.39 is 0 Å². The summed E-state index contributed by atoms with van der Waals surface area (Å²) in [6.07, 6.45) is 0. The molecule has 1 aromatic rings. The van der Waals surface area contributed by atoms with Crippen LogP contribution in [0.25, 0.3) is 0 Å². The summed E-state index contributed by atoms with van der Waals surface area (Å²) in [5, 5.41) is 0. The van der Waals surface area contributed by atoms with Gasteiger partial charge in [0.1, 0.15) is 5.82 Å². The Balaban J connectivity index is 2.84. The molecule has 7 nitrogen and oxygen atoms in total. The van der Waals surface area contributed by atoms with Gasteiger partial charge in [-0.1, -0.05) is 0 Å². The highest BCUT2D eigenvalue weighted by atomic mass is 16.5. The lowest BCUT2D eigenvalue weighted by atomic mass is 10.4. The summed E-state index contributed by atoms with van der Waals surface area (Å²) in [5.41, 5.74) is 5.64. The molecule has 1 aromatic heterocycles. The molecule has 0 amide bonds. The fraction of sp³-hybridized carbons (Fsp3) is 0.636. The third-order valence-corrected chi connectivity index (χ3v) is 2.37. The molecular weight excluding hydrogens is 236 g/mol. The van der Waals surface area contributed by atoms with Crippen LogP contribution in [-0.2, 0) is 9.47 Å². The van der Waals surface area contributed by atoms with Crippen molar-refractivity contribution >= 4 is 11.8 Å². The van der Waals surface area contributed by atoms with Gasteiger partial charge in [-0.3, -0.25) is 0 Å². The third kappa shape index (κ3) is 4.34. The molecule has 0 unspecified atom stereocenters. The summed E-state index contributed by atoms with van der Waals surface area (Å²) in [4.78, 5) is 10.1. The molecular formula is C11H20N4O3. The van der Waals surface area contributed by atoms with E-state index >= 15 is 0 Å². The fourth-order valence-electron chi connectivity index (χ4n) is 1.44. The van der Waals surface area contributed by atoms with E-state index in [-0.39, 0.29) is 5.95 Å². The molecule has 0 aliphatic rings. The summed E-state index contributed by atoms with van der Waals surface area (Å²) >= 11 is 0. The van der Waals surface area contributed by atoms with Crippen LogP contribution in [-0.4, -0.2) is 57.6 Å². The Labute approximate surface area is 107 Å². The van der Waals surface area contributed by atoms with Gasteiger partial charge in [0.2, 0.25) is 11.8 Å². The van der Waals surface area contributed by atoms with Crippen LogP contribution in [0.15, 0.2) is 6.07 Å². The molecule has 0 aliphatic carbocycles. The molecule has 0 spiro atoms. The van der Waals surface area contributed by atoms with Gasteiger partial charge in [-0.05, 0) is 0 Å². The van der Waals surface area contributed by atoms with Gasteiger partial charge >= 0.3 is 0 Å². The zero-order chi connectivity index (χ0) is 13.4. The molecule has 7 heteroatoms. The lowest BCUT2D eigenvalue weighted by molar-refractivity contribution is 0.190. The number of hydrogen-bond acceptors (Lipinski definition) is 7. The van der Waals surface area contributed by atoms with Crippen LogP contribution in [0.3, 0.4) is 0 Å². The maximum Gasteiger partial charge on any atom is 0.225 e. The van der Waals surface area contributed by atoms with E-state index in [1.807, 2.05) is 4.90 Å². The minimum atomic E-state index is 0.184. The van der Waals surface area contributed by atoms with Crippen molar-refractivity contribution in [1.29, 1.82) is 0 Å². The quantitative estimate of drug-likeness (QED) is 0.709. The maximum absolute atomic E-state index is 5.64. The molecule has 102 valence electrons. The van der Waals surface area contributed by atoms with E-state index in [9.17, 15) is 0 Å². The minimum absolute atomic E-state index is 0.184. The summed E-state index contributed by atoms with van der Waals surface area (Å²) in [7, 11) is 4.85. The fourth-order valence-corrected chi connectivity index (χ4v) is 1.44. The van der Waals surface area contributed by atoms with Crippen molar-refractivity contribution in [2.24, 2.45) is 0 Å². The Morgan fingerprint density at radius 1 is 1.11 bits per heavy atom. The zero-order valence-electron chi connectivity index (χ0n) is 11.0. The standard InChI is InChI=1S/C11H20N4O3/c1-16-6-4-15(5-7-17-2)9-8-10(18-3)14-11(12)13-9/h8H,4-7H2,1-3H3,(H2,12,13,14). The highest BCUT2D eigenvalue weighted by Gasteiger charge is 2.11. The average Bonchev–Trinajstić information content (AvgIpc) is 2.38. The van der Waals surface area contributed by atoms with E-state index in [4.69, 9.17) is 19.9 Å². The number of nitrogens with zero attached hydrogens (tertiary/aromatic N) is 3. The molecule has 2 N–H and O–H groups in total. The molecule has 0 aliphatic heterocycles. The van der Waals surface area contributed by atoms with Crippen molar-refractivity contribution in [3.8, 4) is 5.88 Å². The summed E-state index contributed by atoms with van der Waals surface area (Å²) in [5.74, 6) is 1.33. The van der Waals surface area contributed by atoms with Crippen molar-refractivity contribution in [1.82, 2.24) is 9.97 Å². The predicted octanol–water partition coefficient (Wildman–Crippen LogP) is 0.167. The van der Waals surface area contributed by atoms with Gasteiger partial charge in [0, 0.05) is 33.4 Å². The van der Waals surface area contributed by atoms with E-state index in [0.717, 1.165) is 0 Å². The highest BCUT2D eigenvalue weighted by Crippen LogP contribution is 2.18. The lowest BCUT2D eigenvalue weighted by Crippen LogP contribution is -2.31. The third-order valence-electron chi connectivity index (χ3n) is 2.37. The second kappa shape index (κ2) is 7.67. The first-order chi connectivity index (χ1) is 8.71. The first-order valence-corrected chi connectivity index (χ1v) is 5.62. The normalized spacial score (nSPS) is 10.4. The van der Waals surface area contributed by atoms with Crippen LogP contribution >= 0.6 is 0 Å². The maximum atomic E-state index is 5.64. The minimum Gasteiger partial charge on any atom is -0.481 e. The average molecular weight is 256 g/mol. The van der Waals surface area contributed by atoms with Crippen molar-refractivity contribution in [2.45, 2.75) is 0 Å². The number of anilines is 2. The summed E-state index contributed by atoms with van der Waals surface area (Å²) in [6, 6.07) is 1.74. The van der Waals surface area contributed by atoms with Crippen LogP contribution in [0.4, 0.5) is 11.8 Å². The number of rotatable bonds is 8. The summed E-state index contributed by atoms with van der Waals surface area (Å²) in [6.45, 7) is 2.57. The van der Waals surface area contributed by atoms with Crippen molar-refractivity contribution in [3.05, 3.63) is 6.07 Å². The van der Waals surface area contributed by atoms with Crippen LogP contribution in [0.1, 0.15) is 0 Å². The topological polar surface area (TPSA) is 82.7 Å². The number of aromatic nitrogens is 2. The summed E-state index contributed by atoms with van der Waals surface area (Å²) < 4.78 is 15.2.